The molecule has 3 atom stereocenters. The van der Waals surface area contributed by atoms with Crippen LogP contribution in [0.3, 0.4) is 0 Å². The molecule has 1 fully saturated rings. The number of hydrogen-bond donors (Lipinski definition) is 1. The third kappa shape index (κ3) is 2.48. The lowest BCUT2D eigenvalue weighted by Gasteiger charge is -2.23. The van der Waals surface area contributed by atoms with Gasteiger partial charge in [-0.25, -0.2) is 0 Å². The summed E-state index contributed by atoms with van der Waals surface area (Å²) in [5, 5.41) is 9.89. The van der Waals surface area contributed by atoms with Gasteiger partial charge in [-0.15, -0.1) is 0 Å². The summed E-state index contributed by atoms with van der Waals surface area (Å²) in [5.74, 6) is 1.97. The van der Waals surface area contributed by atoms with Gasteiger partial charge in [0.15, 0.2) is 0 Å². The highest BCUT2D eigenvalue weighted by atomic mass is 16.3. The van der Waals surface area contributed by atoms with Gasteiger partial charge in [0, 0.05) is 0 Å². The maximum atomic E-state index is 9.89. The molecule has 0 aromatic carbocycles. The minimum atomic E-state index is -0.0394. The van der Waals surface area contributed by atoms with Crippen molar-refractivity contribution in [3.05, 3.63) is 0 Å². The van der Waals surface area contributed by atoms with E-state index in [1.54, 1.807) is 0 Å². The van der Waals surface area contributed by atoms with Crippen LogP contribution in [0.15, 0.2) is 0 Å². The van der Waals surface area contributed by atoms with Gasteiger partial charge in [-0.3, -0.25) is 0 Å². The second-order valence-corrected chi connectivity index (χ2v) is 4.77. The van der Waals surface area contributed by atoms with Crippen LogP contribution >= 0.6 is 0 Å². The molecule has 1 aliphatic carbocycles. The highest BCUT2D eigenvalue weighted by Crippen LogP contribution is 2.35. The molecular weight excluding hydrogens is 148 g/mol. The van der Waals surface area contributed by atoms with Crippen molar-refractivity contribution in [2.75, 3.05) is 0 Å². The van der Waals surface area contributed by atoms with Crippen LogP contribution in [0.4, 0.5) is 0 Å². The van der Waals surface area contributed by atoms with Gasteiger partial charge in [0.05, 0.1) is 6.10 Å². The van der Waals surface area contributed by atoms with Crippen LogP contribution < -0.4 is 0 Å². The minimum Gasteiger partial charge on any atom is -0.393 e. The predicted molar refractivity (Wildman–Crippen MR) is 52.0 cm³/mol. The zero-order chi connectivity index (χ0) is 9.14. The lowest BCUT2D eigenvalue weighted by atomic mass is 9.88. The lowest BCUT2D eigenvalue weighted by molar-refractivity contribution is 0.0707. The van der Waals surface area contributed by atoms with E-state index in [1.807, 2.05) is 0 Å². The molecule has 0 saturated heterocycles. The van der Waals surface area contributed by atoms with Gasteiger partial charge in [0.1, 0.15) is 0 Å². The Morgan fingerprint density at radius 1 is 1.33 bits per heavy atom. The Morgan fingerprint density at radius 3 is 2.42 bits per heavy atom. The van der Waals surface area contributed by atoms with E-state index in [1.165, 1.54) is 19.3 Å². The maximum Gasteiger partial charge on any atom is 0.0573 e. The predicted octanol–water partition coefficient (Wildman–Crippen LogP) is 2.83. The van der Waals surface area contributed by atoms with Crippen molar-refractivity contribution in [3.63, 3.8) is 0 Å². The molecule has 0 amide bonds. The van der Waals surface area contributed by atoms with Gasteiger partial charge in [0.25, 0.3) is 0 Å². The summed E-state index contributed by atoms with van der Waals surface area (Å²) in [6, 6.07) is 0. The van der Waals surface area contributed by atoms with Gasteiger partial charge < -0.3 is 5.11 Å². The molecule has 0 aromatic rings. The number of rotatable bonds is 3. The summed E-state index contributed by atoms with van der Waals surface area (Å²) in [7, 11) is 0. The first-order valence-corrected chi connectivity index (χ1v) is 5.29. The van der Waals surface area contributed by atoms with E-state index in [9.17, 15) is 5.11 Å². The molecule has 0 bridgehead atoms. The fourth-order valence-electron chi connectivity index (χ4n) is 2.40. The Morgan fingerprint density at radius 2 is 2.00 bits per heavy atom. The fourth-order valence-corrected chi connectivity index (χ4v) is 2.40. The van der Waals surface area contributed by atoms with E-state index in [-0.39, 0.29) is 6.10 Å². The zero-order valence-electron chi connectivity index (χ0n) is 8.59. The van der Waals surface area contributed by atoms with Crippen LogP contribution in [-0.4, -0.2) is 11.2 Å². The number of aliphatic hydroxyl groups is 1. The summed E-state index contributed by atoms with van der Waals surface area (Å²) in [6.45, 7) is 6.65. The molecule has 1 rings (SSSR count). The summed E-state index contributed by atoms with van der Waals surface area (Å²) in [6.07, 6.45) is 4.83. The largest absolute Gasteiger partial charge is 0.393 e. The first-order chi connectivity index (χ1) is 5.61. The maximum absolute atomic E-state index is 9.89. The molecule has 0 heterocycles. The van der Waals surface area contributed by atoms with Crippen molar-refractivity contribution in [1.29, 1.82) is 0 Å². The van der Waals surface area contributed by atoms with Crippen molar-refractivity contribution in [3.8, 4) is 0 Å². The second-order valence-electron chi connectivity index (χ2n) is 4.77. The van der Waals surface area contributed by atoms with E-state index >= 15 is 0 Å². The minimum absolute atomic E-state index is 0.0394. The van der Waals surface area contributed by atoms with E-state index < -0.39 is 0 Å². The molecule has 1 aliphatic rings. The molecule has 0 aromatic heterocycles. The van der Waals surface area contributed by atoms with Crippen LogP contribution in [0, 0.1) is 17.8 Å². The fraction of sp³-hybridized carbons (Fsp3) is 1.00. The SMILES string of the molecule is CC(C)CC(O)C1CCCC1C. The first kappa shape index (κ1) is 10.0. The molecule has 0 aliphatic heterocycles. The molecule has 1 heteroatoms. The first-order valence-electron chi connectivity index (χ1n) is 5.29. The molecule has 1 nitrogen and oxygen atoms in total. The third-order valence-electron chi connectivity index (χ3n) is 3.13. The molecule has 3 unspecified atom stereocenters. The van der Waals surface area contributed by atoms with Crippen LogP contribution in [0.1, 0.15) is 46.5 Å². The van der Waals surface area contributed by atoms with Gasteiger partial charge in [-0.2, -0.15) is 0 Å². The van der Waals surface area contributed by atoms with Crippen LogP contribution in [0.5, 0.6) is 0 Å². The highest BCUT2D eigenvalue weighted by molar-refractivity contribution is 4.80. The van der Waals surface area contributed by atoms with Crippen molar-refractivity contribution in [1.82, 2.24) is 0 Å². The standard InChI is InChI=1S/C11H22O/c1-8(2)7-11(12)10-6-4-5-9(10)3/h8-12H,4-7H2,1-3H3. The zero-order valence-corrected chi connectivity index (χ0v) is 8.59. The topological polar surface area (TPSA) is 20.2 Å². The summed E-state index contributed by atoms with van der Waals surface area (Å²) in [5.41, 5.74) is 0. The monoisotopic (exact) mass is 170 g/mol. The molecule has 1 saturated carbocycles. The average Bonchev–Trinajstić information content (AvgIpc) is 2.33. The summed E-state index contributed by atoms with van der Waals surface area (Å²) >= 11 is 0. The highest BCUT2D eigenvalue weighted by Gasteiger charge is 2.29. The lowest BCUT2D eigenvalue weighted by Crippen LogP contribution is -2.24. The normalized spacial score (nSPS) is 32.8. The Hall–Kier alpha value is -0.0400. The van der Waals surface area contributed by atoms with Gasteiger partial charge in [-0.05, 0) is 30.6 Å². The average molecular weight is 170 g/mol. The van der Waals surface area contributed by atoms with Crippen LogP contribution in [0.25, 0.3) is 0 Å². The second kappa shape index (κ2) is 4.27. The van der Waals surface area contributed by atoms with E-state index in [2.05, 4.69) is 20.8 Å². The van der Waals surface area contributed by atoms with Gasteiger partial charge >= 0.3 is 0 Å². The summed E-state index contributed by atoms with van der Waals surface area (Å²) < 4.78 is 0. The van der Waals surface area contributed by atoms with Crippen molar-refractivity contribution >= 4 is 0 Å². The molecule has 1 N–H and O–H groups in total. The smallest absolute Gasteiger partial charge is 0.0573 e. The Balaban J connectivity index is 2.35. The Kier molecular flexibility index (Phi) is 3.57. The van der Waals surface area contributed by atoms with E-state index in [4.69, 9.17) is 0 Å². The molecule has 0 spiro atoms. The van der Waals surface area contributed by atoms with Crippen LogP contribution in [-0.2, 0) is 0 Å². The summed E-state index contributed by atoms with van der Waals surface area (Å²) in [4.78, 5) is 0. The Labute approximate surface area is 76.2 Å². The van der Waals surface area contributed by atoms with Crippen molar-refractivity contribution in [2.45, 2.75) is 52.6 Å². The van der Waals surface area contributed by atoms with E-state index in [0.29, 0.717) is 11.8 Å². The van der Waals surface area contributed by atoms with Gasteiger partial charge in [0.2, 0.25) is 0 Å². The number of hydrogen-bond acceptors (Lipinski definition) is 1. The number of aliphatic hydroxyl groups excluding tert-OH is 1. The van der Waals surface area contributed by atoms with Crippen molar-refractivity contribution < 1.29 is 5.11 Å². The van der Waals surface area contributed by atoms with Crippen LogP contribution in [0.2, 0.25) is 0 Å². The molecule has 12 heavy (non-hydrogen) atoms. The van der Waals surface area contributed by atoms with E-state index in [0.717, 1.165) is 12.3 Å². The molecule has 0 radical (unpaired) electrons. The Bertz CT molecular complexity index is 131. The molecule has 72 valence electrons. The quantitative estimate of drug-likeness (QED) is 0.690. The third-order valence-corrected chi connectivity index (χ3v) is 3.13. The van der Waals surface area contributed by atoms with Gasteiger partial charge in [-0.1, -0.05) is 33.6 Å². The van der Waals surface area contributed by atoms with Crippen molar-refractivity contribution in [2.24, 2.45) is 17.8 Å². The molecular formula is C11H22O.